The van der Waals surface area contributed by atoms with Gasteiger partial charge in [-0.25, -0.2) is 13.4 Å². The van der Waals surface area contributed by atoms with Gasteiger partial charge < -0.3 is 5.32 Å². The summed E-state index contributed by atoms with van der Waals surface area (Å²) in [5.41, 5.74) is 3.33. The number of hydrogen-bond donors (Lipinski definition) is 1. The number of hydrogen-bond acceptors (Lipinski definition) is 6. The first kappa shape index (κ1) is 19.9. The van der Waals surface area contributed by atoms with Crippen LogP contribution in [-0.4, -0.2) is 36.2 Å². The highest BCUT2D eigenvalue weighted by atomic mass is 32.2. The zero-order valence-electron chi connectivity index (χ0n) is 16.2. The summed E-state index contributed by atoms with van der Waals surface area (Å²) in [6, 6.07) is 10.8. The molecule has 1 fully saturated rings. The molecule has 2 aromatic heterocycles. The van der Waals surface area contributed by atoms with Crippen LogP contribution in [0.4, 0.5) is 5.13 Å². The van der Waals surface area contributed by atoms with E-state index in [1.807, 2.05) is 12.1 Å². The third-order valence-electron chi connectivity index (χ3n) is 5.64. The standard InChI is InChI=1S/C21H21N3O3S3/c25-20(16-8-3-4-12-24(16)30(26,27)18-9-5-13-28-18)23-21-22-19-15-7-2-1-6-14(15)10-11-17(19)29-21/h1-2,5-7,9,13,16H,3-4,8,10-12H2,(H,22,23,25). The van der Waals surface area contributed by atoms with Gasteiger partial charge in [0.05, 0.1) is 5.69 Å². The van der Waals surface area contributed by atoms with Crippen molar-refractivity contribution in [1.29, 1.82) is 0 Å². The molecule has 0 bridgehead atoms. The number of thiophene rings is 1. The van der Waals surface area contributed by atoms with E-state index >= 15 is 0 Å². The molecule has 3 heterocycles. The number of rotatable bonds is 4. The number of fused-ring (bicyclic) bond motifs is 3. The van der Waals surface area contributed by atoms with E-state index in [0.717, 1.165) is 41.8 Å². The minimum Gasteiger partial charge on any atom is -0.301 e. The molecule has 0 saturated carbocycles. The first-order valence-corrected chi connectivity index (χ1v) is 13.1. The van der Waals surface area contributed by atoms with Crippen LogP contribution in [0.25, 0.3) is 11.3 Å². The number of nitrogens with one attached hydrogen (secondary N) is 1. The lowest BCUT2D eigenvalue weighted by molar-refractivity contribution is -0.120. The van der Waals surface area contributed by atoms with Crippen molar-refractivity contribution < 1.29 is 13.2 Å². The number of nitrogens with zero attached hydrogens (tertiary/aromatic N) is 2. The molecule has 6 nitrogen and oxygen atoms in total. The van der Waals surface area contributed by atoms with Gasteiger partial charge in [0, 0.05) is 17.0 Å². The summed E-state index contributed by atoms with van der Waals surface area (Å²) in [6.07, 6.45) is 3.98. The second kappa shape index (κ2) is 7.88. The van der Waals surface area contributed by atoms with Crippen LogP contribution in [0.5, 0.6) is 0 Å². The fourth-order valence-electron chi connectivity index (χ4n) is 4.17. The number of piperidine rings is 1. The van der Waals surface area contributed by atoms with E-state index in [9.17, 15) is 13.2 Å². The molecule has 9 heteroatoms. The minimum absolute atomic E-state index is 0.281. The van der Waals surface area contributed by atoms with Gasteiger partial charge >= 0.3 is 0 Å². The summed E-state index contributed by atoms with van der Waals surface area (Å²) in [5.74, 6) is -0.297. The van der Waals surface area contributed by atoms with Crippen molar-refractivity contribution in [2.24, 2.45) is 0 Å². The predicted molar refractivity (Wildman–Crippen MR) is 119 cm³/mol. The molecule has 0 spiro atoms. The van der Waals surface area contributed by atoms with Gasteiger partial charge in [-0.2, -0.15) is 4.31 Å². The van der Waals surface area contributed by atoms with Crippen LogP contribution in [0.15, 0.2) is 46.0 Å². The Bertz CT molecular complexity index is 1190. The molecular formula is C21H21N3O3S3. The maximum atomic E-state index is 13.1. The molecule has 1 aromatic carbocycles. The number of aryl methyl sites for hydroxylation is 2. The fraction of sp³-hybridized carbons (Fsp3) is 0.333. The van der Waals surface area contributed by atoms with E-state index in [2.05, 4.69) is 22.4 Å². The fourth-order valence-corrected chi connectivity index (χ4v) is 7.93. The molecule has 1 unspecified atom stereocenters. The van der Waals surface area contributed by atoms with Gasteiger partial charge in [-0.3, -0.25) is 4.79 Å². The first-order chi connectivity index (χ1) is 14.5. The van der Waals surface area contributed by atoms with Gasteiger partial charge in [0.15, 0.2) is 5.13 Å². The molecule has 30 heavy (non-hydrogen) atoms. The van der Waals surface area contributed by atoms with Gasteiger partial charge in [0.25, 0.3) is 10.0 Å². The quantitative estimate of drug-likeness (QED) is 0.636. The zero-order valence-corrected chi connectivity index (χ0v) is 18.7. The Morgan fingerprint density at radius 1 is 1.13 bits per heavy atom. The second-order valence-corrected chi connectivity index (χ2v) is 11.6. The number of benzene rings is 1. The number of anilines is 1. The van der Waals surface area contributed by atoms with E-state index in [-0.39, 0.29) is 10.1 Å². The van der Waals surface area contributed by atoms with E-state index in [0.29, 0.717) is 18.1 Å². The summed E-state index contributed by atoms with van der Waals surface area (Å²) < 4.78 is 27.8. The third kappa shape index (κ3) is 3.49. The molecule has 1 atom stereocenters. The van der Waals surface area contributed by atoms with Gasteiger partial charge in [-0.1, -0.05) is 36.8 Å². The smallest absolute Gasteiger partial charge is 0.253 e. The Morgan fingerprint density at radius 3 is 2.83 bits per heavy atom. The highest BCUT2D eigenvalue weighted by molar-refractivity contribution is 7.91. The lowest BCUT2D eigenvalue weighted by Crippen LogP contribution is -2.49. The molecule has 1 saturated heterocycles. The summed E-state index contributed by atoms with van der Waals surface area (Å²) in [5, 5.41) is 5.20. The number of carbonyl (C=O) groups is 1. The number of carbonyl (C=O) groups excluding carboxylic acids is 1. The van der Waals surface area contributed by atoms with Crippen LogP contribution in [-0.2, 0) is 27.7 Å². The maximum absolute atomic E-state index is 13.1. The first-order valence-electron chi connectivity index (χ1n) is 9.98. The van der Waals surface area contributed by atoms with Crippen LogP contribution < -0.4 is 5.32 Å². The molecule has 5 rings (SSSR count). The average Bonchev–Trinajstić information content (AvgIpc) is 3.44. The lowest BCUT2D eigenvalue weighted by Gasteiger charge is -2.32. The van der Waals surface area contributed by atoms with Gasteiger partial charge in [-0.15, -0.1) is 22.7 Å². The average molecular weight is 460 g/mol. The molecule has 1 aliphatic carbocycles. The van der Waals surface area contributed by atoms with Crippen LogP contribution in [0.3, 0.4) is 0 Å². The number of sulfonamides is 1. The SMILES string of the molecule is O=C(Nc1nc2c(s1)CCc1ccccc1-2)C1CCCCN1S(=O)(=O)c1cccs1. The van der Waals surface area contributed by atoms with Crippen LogP contribution in [0.1, 0.15) is 29.7 Å². The van der Waals surface area contributed by atoms with Gasteiger partial charge in [0.2, 0.25) is 5.91 Å². The van der Waals surface area contributed by atoms with Crippen LogP contribution in [0.2, 0.25) is 0 Å². The number of thiazole rings is 1. The van der Waals surface area contributed by atoms with Crippen LogP contribution in [0, 0.1) is 0 Å². The molecule has 1 aliphatic heterocycles. The van der Waals surface area contributed by atoms with Crippen molar-refractivity contribution >= 4 is 43.7 Å². The van der Waals surface area contributed by atoms with Gasteiger partial charge in [0.1, 0.15) is 10.3 Å². The second-order valence-electron chi connectivity index (χ2n) is 7.50. The highest BCUT2D eigenvalue weighted by Crippen LogP contribution is 2.38. The summed E-state index contributed by atoms with van der Waals surface area (Å²) >= 11 is 2.67. The summed E-state index contributed by atoms with van der Waals surface area (Å²) in [4.78, 5) is 19.0. The van der Waals surface area contributed by atoms with Crippen molar-refractivity contribution in [3.63, 3.8) is 0 Å². The molecular weight excluding hydrogens is 438 g/mol. The monoisotopic (exact) mass is 459 g/mol. The Balaban J connectivity index is 1.40. The molecule has 3 aromatic rings. The summed E-state index contributed by atoms with van der Waals surface area (Å²) in [6.45, 7) is 0.361. The van der Waals surface area contributed by atoms with Crippen molar-refractivity contribution in [3.8, 4) is 11.3 Å². The number of amides is 1. The zero-order chi connectivity index (χ0) is 20.7. The van der Waals surface area contributed by atoms with Crippen LogP contribution >= 0.6 is 22.7 Å². The molecule has 156 valence electrons. The topological polar surface area (TPSA) is 79.4 Å². The van der Waals surface area contributed by atoms with Crippen molar-refractivity contribution in [2.45, 2.75) is 42.4 Å². The largest absolute Gasteiger partial charge is 0.301 e. The van der Waals surface area contributed by atoms with E-state index in [1.165, 1.54) is 32.5 Å². The maximum Gasteiger partial charge on any atom is 0.253 e. The van der Waals surface area contributed by atoms with Crippen molar-refractivity contribution in [1.82, 2.24) is 9.29 Å². The van der Waals surface area contributed by atoms with Crippen molar-refractivity contribution in [3.05, 3.63) is 52.2 Å². The molecule has 1 amide bonds. The van der Waals surface area contributed by atoms with Crippen molar-refractivity contribution in [2.75, 3.05) is 11.9 Å². The summed E-state index contributed by atoms with van der Waals surface area (Å²) in [7, 11) is -3.67. The van der Waals surface area contributed by atoms with E-state index < -0.39 is 16.1 Å². The predicted octanol–water partition coefficient (Wildman–Crippen LogP) is 4.15. The van der Waals surface area contributed by atoms with Gasteiger partial charge in [-0.05, 0) is 42.7 Å². The lowest BCUT2D eigenvalue weighted by atomic mass is 9.94. The highest BCUT2D eigenvalue weighted by Gasteiger charge is 2.38. The number of aromatic nitrogens is 1. The third-order valence-corrected chi connectivity index (χ3v) is 9.95. The Kier molecular flexibility index (Phi) is 5.22. The van der Waals surface area contributed by atoms with E-state index in [4.69, 9.17) is 0 Å². The Labute approximate surface area is 183 Å². The Morgan fingerprint density at radius 2 is 2.00 bits per heavy atom. The molecule has 1 N–H and O–H groups in total. The minimum atomic E-state index is -3.67. The molecule has 0 radical (unpaired) electrons. The Hall–Kier alpha value is -2.07. The normalized spacial score (nSPS) is 19.1. The molecule has 2 aliphatic rings. The van der Waals surface area contributed by atoms with E-state index in [1.54, 1.807) is 17.5 Å².